The fourth-order valence-electron chi connectivity index (χ4n) is 1.01. The summed E-state index contributed by atoms with van der Waals surface area (Å²) in [4.78, 5) is 4.08. The molecule has 70 valence electrons. The highest BCUT2D eigenvalue weighted by Gasteiger charge is 2.22. The van der Waals surface area contributed by atoms with Crippen LogP contribution in [0.1, 0.15) is 12.8 Å². The Balaban J connectivity index is 1.98. The van der Waals surface area contributed by atoms with Crippen molar-refractivity contribution >= 4 is 21.7 Å². The minimum absolute atomic E-state index is 0.480. The van der Waals surface area contributed by atoms with Gasteiger partial charge >= 0.3 is 0 Å². The minimum atomic E-state index is 0.480. The molecule has 2 rings (SSSR count). The molecule has 1 aromatic heterocycles. The van der Waals surface area contributed by atoms with Gasteiger partial charge in [0.25, 0.3) is 0 Å². The normalized spacial score (nSPS) is 15.8. The highest BCUT2D eigenvalue weighted by Crippen LogP contribution is 2.29. The molecular formula is C9H11BrN2O. The van der Waals surface area contributed by atoms with Gasteiger partial charge in [0.1, 0.15) is 5.82 Å². The van der Waals surface area contributed by atoms with E-state index in [1.165, 1.54) is 12.8 Å². The molecular weight excluding hydrogens is 232 g/mol. The Morgan fingerprint density at radius 3 is 2.92 bits per heavy atom. The second-order valence-corrected chi connectivity index (χ2v) is 4.13. The Hall–Kier alpha value is -0.770. The van der Waals surface area contributed by atoms with Crippen molar-refractivity contribution in [1.82, 2.24) is 4.98 Å². The summed E-state index contributed by atoms with van der Waals surface area (Å²) in [5, 5.41) is 0. The molecule has 2 N–H and O–H groups in total. The maximum atomic E-state index is 5.60. The summed E-state index contributed by atoms with van der Waals surface area (Å²) in [5.41, 5.74) is 5.60. The van der Waals surface area contributed by atoms with Crippen molar-refractivity contribution in [2.75, 3.05) is 12.3 Å². The van der Waals surface area contributed by atoms with Crippen molar-refractivity contribution in [1.29, 1.82) is 0 Å². The number of ether oxygens (including phenoxy) is 1. The fourth-order valence-corrected chi connectivity index (χ4v) is 1.23. The summed E-state index contributed by atoms with van der Waals surface area (Å²) < 4.78 is 6.27. The quantitative estimate of drug-likeness (QED) is 0.885. The first-order valence-corrected chi connectivity index (χ1v) is 5.10. The second kappa shape index (κ2) is 3.54. The van der Waals surface area contributed by atoms with E-state index in [-0.39, 0.29) is 0 Å². The lowest BCUT2D eigenvalue weighted by Gasteiger charge is -2.04. The van der Waals surface area contributed by atoms with Crippen LogP contribution in [0.2, 0.25) is 0 Å². The molecule has 0 spiro atoms. The van der Waals surface area contributed by atoms with E-state index >= 15 is 0 Å². The van der Waals surface area contributed by atoms with Crippen LogP contribution in [-0.2, 0) is 0 Å². The first kappa shape index (κ1) is 8.81. The number of nitrogens with two attached hydrogens (primary N) is 1. The number of hydrogen-bond donors (Lipinski definition) is 1. The standard InChI is InChI=1S/C9H11BrN2O/c10-7-3-4-8(12-9(7)11)13-5-6-1-2-6/h3-4,6H,1-2,5H2,(H2,11,12). The molecule has 0 aliphatic heterocycles. The van der Waals surface area contributed by atoms with Crippen molar-refractivity contribution in [3.05, 3.63) is 16.6 Å². The molecule has 0 aromatic carbocycles. The molecule has 4 heteroatoms. The maximum Gasteiger partial charge on any atom is 0.215 e. The van der Waals surface area contributed by atoms with Crippen LogP contribution >= 0.6 is 15.9 Å². The van der Waals surface area contributed by atoms with E-state index in [1.807, 2.05) is 12.1 Å². The highest BCUT2D eigenvalue weighted by molar-refractivity contribution is 9.10. The van der Waals surface area contributed by atoms with Crippen molar-refractivity contribution in [3.63, 3.8) is 0 Å². The molecule has 1 fully saturated rings. The highest BCUT2D eigenvalue weighted by atomic mass is 79.9. The van der Waals surface area contributed by atoms with Crippen LogP contribution in [0, 0.1) is 5.92 Å². The Kier molecular flexibility index (Phi) is 2.40. The average Bonchev–Trinajstić information content (AvgIpc) is 2.91. The third kappa shape index (κ3) is 2.34. The molecule has 3 nitrogen and oxygen atoms in total. The van der Waals surface area contributed by atoms with Crippen LogP contribution in [-0.4, -0.2) is 11.6 Å². The van der Waals surface area contributed by atoms with Crippen LogP contribution in [0.5, 0.6) is 5.88 Å². The number of halogens is 1. The monoisotopic (exact) mass is 242 g/mol. The van der Waals surface area contributed by atoms with E-state index < -0.39 is 0 Å². The summed E-state index contributed by atoms with van der Waals surface area (Å²) in [6, 6.07) is 3.67. The third-order valence-corrected chi connectivity index (χ3v) is 2.68. The molecule has 0 unspecified atom stereocenters. The molecule has 1 saturated carbocycles. The first-order valence-electron chi connectivity index (χ1n) is 4.30. The zero-order chi connectivity index (χ0) is 9.26. The van der Waals surface area contributed by atoms with Gasteiger partial charge in [0.15, 0.2) is 0 Å². The number of nitrogens with zero attached hydrogens (tertiary/aromatic N) is 1. The molecule has 0 radical (unpaired) electrons. The molecule has 1 aliphatic carbocycles. The molecule has 0 atom stereocenters. The first-order chi connectivity index (χ1) is 6.25. The molecule has 1 aliphatic rings. The lowest BCUT2D eigenvalue weighted by molar-refractivity contribution is 0.289. The fraction of sp³-hybridized carbons (Fsp3) is 0.444. The third-order valence-electron chi connectivity index (χ3n) is 2.01. The van der Waals surface area contributed by atoms with E-state index in [0.29, 0.717) is 11.7 Å². The van der Waals surface area contributed by atoms with Gasteiger partial charge in [0, 0.05) is 6.07 Å². The number of anilines is 1. The Labute approximate surface area is 85.4 Å². The Bertz CT molecular complexity index is 312. The van der Waals surface area contributed by atoms with Crippen LogP contribution in [0.15, 0.2) is 16.6 Å². The average molecular weight is 243 g/mol. The predicted octanol–water partition coefficient (Wildman–Crippen LogP) is 2.22. The molecule has 0 saturated heterocycles. The largest absolute Gasteiger partial charge is 0.477 e. The van der Waals surface area contributed by atoms with Gasteiger partial charge in [0.05, 0.1) is 11.1 Å². The van der Waals surface area contributed by atoms with Crippen molar-refractivity contribution in [2.45, 2.75) is 12.8 Å². The van der Waals surface area contributed by atoms with Gasteiger partial charge in [-0.25, -0.2) is 0 Å². The second-order valence-electron chi connectivity index (χ2n) is 3.27. The zero-order valence-electron chi connectivity index (χ0n) is 7.16. The van der Waals surface area contributed by atoms with Gasteiger partial charge in [-0.15, -0.1) is 0 Å². The zero-order valence-corrected chi connectivity index (χ0v) is 8.75. The molecule has 0 bridgehead atoms. The number of rotatable bonds is 3. The number of aromatic nitrogens is 1. The van der Waals surface area contributed by atoms with E-state index in [9.17, 15) is 0 Å². The summed E-state index contributed by atoms with van der Waals surface area (Å²) in [6.07, 6.45) is 2.57. The summed E-state index contributed by atoms with van der Waals surface area (Å²) in [6.45, 7) is 0.772. The smallest absolute Gasteiger partial charge is 0.215 e. The Morgan fingerprint density at radius 2 is 2.31 bits per heavy atom. The van der Waals surface area contributed by atoms with Gasteiger partial charge in [-0.2, -0.15) is 4.98 Å². The molecule has 13 heavy (non-hydrogen) atoms. The van der Waals surface area contributed by atoms with Gasteiger partial charge in [0.2, 0.25) is 5.88 Å². The van der Waals surface area contributed by atoms with Gasteiger partial charge in [-0.05, 0) is 40.8 Å². The van der Waals surface area contributed by atoms with E-state index in [1.54, 1.807) is 0 Å². The molecule has 0 amide bonds. The van der Waals surface area contributed by atoms with Crippen LogP contribution in [0.3, 0.4) is 0 Å². The van der Waals surface area contributed by atoms with Crippen LogP contribution in [0.25, 0.3) is 0 Å². The number of nitrogen functional groups attached to an aromatic ring is 1. The number of hydrogen-bond acceptors (Lipinski definition) is 3. The summed E-state index contributed by atoms with van der Waals surface area (Å²) in [7, 11) is 0. The lowest BCUT2D eigenvalue weighted by atomic mass is 10.4. The summed E-state index contributed by atoms with van der Waals surface area (Å²) in [5.74, 6) is 1.84. The predicted molar refractivity (Wildman–Crippen MR) is 54.6 cm³/mol. The maximum absolute atomic E-state index is 5.60. The van der Waals surface area contributed by atoms with Gasteiger partial charge in [-0.1, -0.05) is 0 Å². The minimum Gasteiger partial charge on any atom is -0.477 e. The van der Waals surface area contributed by atoms with E-state index in [2.05, 4.69) is 20.9 Å². The number of pyridine rings is 1. The topological polar surface area (TPSA) is 48.1 Å². The summed E-state index contributed by atoms with van der Waals surface area (Å²) >= 11 is 3.28. The van der Waals surface area contributed by atoms with Gasteiger partial charge < -0.3 is 10.5 Å². The lowest BCUT2D eigenvalue weighted by Crippen LogP contribution is -2.02. The SMILES string of the molecule is Nc1nc(OCC2CC2)ccc1Br. The van der Waals surface area contributed by atoms with Crippen molar-refractivity contribution in [3.8, 4) is 5.88 Å². The van der Waals surface area contributed by atoms with Crippen LogP contribution < -0.4 is 10.5 Å². The van der Waals surface area contributed by atoms with E-state index in [4.69, 9.17) is 10.5 Å². The van der Waals surface area contributed by atoms with Crippen molar-refractivity contribution < 1.29 is 4.74 Å². The Morgan fingerprint density at radius 1 is 1.54 bits per heavy atom. The van der Waals surface area contributed by atoms with Gasteiger partial charge in [-0.3, -0.25) is 0 Å². The molecule has 1 heterocycles. The van der Waals surface area contributed by atoms with E-state index in [0.717, 1.165) is 17.0 Å². The van der Waals surface area contributed by atoms with Crippen molar-refractivity contribution in [2.24, 2.45) is 5.92 Å². The molecule has 1 aromatic rings. The van der Waals surface area contributed by atoms with Crippen LogP contribution in [0.4, 0.5) is 5.82 Å².